The van der Waals surface area contributed by atoms with E-state index in [0.717, 1.165) is 29.5 Å². The van der Waals surface area contributed by atoms with Crippen LogP contribution in [0.3, 0.4) is 0 Å². The second-order valence-corrected chi connectivity index (χ2v) is 10.9. The number of halogens is 1. The summed E-state index contributed by atoms with van der Waals surface area (Å²) in [5.41, 5.74) is 1.95. The molecule has 0 aliphatic heterocycles. The second kappa shape index (κ2) is 9.22. The van der Waals surface area contributed by atoms with Gasteiger partial charge in [-0.3, -0.25) is 0 Å². The van der Waals surface area contributed by atoms with Crippen molar-refractivity contribution in [3.63, 3.8) is 0 Å². The van der Waals surface area contributed by atoms with E-state index >= 15 is 0 Å². The molecular weight excluding hydrogens is 447 g/mol. The van der Waals surface area contributed by atoms with Crippen molar-refractivity contribution in [1.82, 2.24) is 0 Å². The quantitative estimate of drug-likeness (QED) is 0.211. The Balaban J connectivity index is 1.32. The maximum absolute atomic E-state index is 13.8. The lowest BCUT2D eigenvalue weighted by molar-refractivity contribution is -0.163. The second-order valence-electron chi connectivity index (χ2n) is 9.04. The molecule has 174 valence electrons. The van der Waals surface area contributed by atoms with E-state index in [1.54, 1.807) is 6.07 Å². The molecule has 1 unspecified atom stereocenters. The van der Waals surface area contributed by atoms with Crippen LogP contribution < -0.4 is 4.74 Å². The van der Waals surface area contributed by atoms with Crippen molar-refractivity contribution >= 4 is 26.5 Å². The average Bonchev–Trinajstić information content (AvgIpc) is 3.46. The van der Waals surface area contributed by atoms with Crippen LogP contribution in [0.25, 0.3) is 15.0 Å². The number of thiophene rings is 1. The van der Waals surface area contributed by atoms with Gasteiger partial charge in [-0.25, -0.2) is 9.18 Å². The maximum Gasteiger partial charge on any atom is 0.345 e. The molecule has 4 aromatic rings. The molecule has 5 heteroatoms. The number of esters is 1. The summed E-state index contributed by atoms with van der Waals surface area (Å²) in [6.45, 7) is 3.85. The predicted octanol–water partition coefficient (Wildman–Crippen LogP) is 7.73. The first-order chi connectivity index (χ1) is 16.4. The van der Waals surface area contributed by atoms with Crippen LogP contribution in [-0.2, 0) is 15.1 Å². The normalized spacial score (nSPS) is 15.4. The minimum atomic E-state index is -0.764. The number of hydrogen-bond acceptors (Lipinski definition) is 3. The van der Waals surface area contributed by atoms with E-state index in [1.807, 2.05) is 19.9 Å². The Kier molecular flexibility index (Phi) is 6.13. The number of benzene rings is 3. The first-order valence-electron chi connectivity index (χ1n) is 11.7. The zero-order valence-corrected chi connectivity index (χ0v) is 20.3. The van der Waals surface area contributed by atoms with Gasteiger partial charge in [-0.2, -0.15) is 0 Å². The van der Waals surface area contributed by atoms with Crippen LogP contribution in [0.1, 0.15) is 42.4 Å². The Morgan fingerprint density at radius 1 is 0.971 bits per heavy atom. The van der Waals surface area contributed by atoms with Gasteiger partial charge < -0.3 is 9.47 Å². The molecule has 1 aliphatic rings. The van der Waals surface area contributed by atoms with Gasteiger partial charge in [0.05, 0.1) is 0 Å². The molecule has 34 heavy (non-hydrogen) atoms. The van der Waals surface area contributed by atoms with Crippen molar-refractivity contribution < 1.29 is 18.7 Å². The fraction of sp³-hybridized carbons (Fsp3) is 0.276. The van der Waals surface area contributed by atoms with Gasteiger partial charge in [0.25, 0.3) is 0 Å². The molecule has 3 nitrogen and oxygen atoms in total. The average molecular weight is 476 g/mol. The summed E-state index contributed by atoms with van der Waals surface area (Å²) in [6.07, 6.45) is 3.30. The molecule has 0 N–H and O–H groups in total. The van der Waals surface area contributed by atoms with Gasteiger partial charge in [-0.1, -0.05) is 24.3 Å². The lowest BCUT2D eigenvalue weighted by Crippen LogP contribution is -2.32. The fourth-order valence-corrected chi connectivity index (χ4v) is 7.11. The highest BCUT2D eigenvalue weighted by atomic mass is 32.2. The van der Waals surface area contributed by atoms with Gasteiger partial charge in [-0.15, -0.1) is 0 Å². The van der Waals surface area contributed by atoms with Crippen molar-refractivity contribution in [3.8, 4) is 10.6 Å². The van der Waals surface area contributed by atoms with Gasteiger partial charge >= 0.3 is 5.97 Å². The monoisotopic (exact) mass is 475 g/mol. The topological polar surface area (TPSA) is 35.5 Å². The van der Waals surface area contributed by atoms with Crippen molar-refractivity contribution in [3.05, 3.63) is 94.6 Å². The molecule has 1 heterocycles. The Morgan fingerprint density at radius 2 is 1.71 bits per heavy atom. The SMILES string of the molecule is Cc1cc(-[s+]2ccc3ccccc32)cc(C)c1OCC(=O)OC1(c2cccc(F)c2)CCCC1. The molecule has 1 fully saturated rings. The maximum atomic E-state index is 13.8. The van der Waals surface area contributed by atoms with Crippen LogP contribution in [0.4, 0.5) is 4.39 Å². The van der Waals surface area contributed by atoms with E-state index in [0.29, 0.717) is 18.6 Å². The van der Waals surface area contributed by atoms with Crippen LogP contribution in [0.2, 0.25) is 0 Å². The van der Waals surface area contributed by atoms with E-state index < -0.39 is 11.6 Å². The van der Waals surface area contributed by atoms with Crippen molar-refractivity contribution in [2.24, 2.45) is 0 Å². The molecule has 0 radical (unpaired) electrons. The van der Waals surface area contributed by atoms with Gasteiger partial charge in [0.2, 0.25) is 0 Å². The van der Waals surface area contributed by atoms with Crippen molar-refractivity contribution in [2.45, 2.75) is 45.1 Å². The summed E-state index contributed by atoms with van der Waals surface area (Å²) in [5.74, 6) is -0.0293. The first-order valence-corrected chi connectivity index (χ1v) is 13.0. The third-order valence-electron chi connectivity index (χ3n) is 6.63. The van der Waals surface area contributed by atoms with Crippen molar-refractivity contribution in [2.75, 3.05) is 6.61 Å². The Hall–Kier alpha value is -3.18. The Morgan fingerprint density at radius 3 is 2.44 bits per heavy atom. The van der Waals surface area contributed by atoms with E-state index in [-0.39, 0.29) is 22.9 Å². The van der Waals surface area contributed by atoms with Gasteiger partial charge in [-0.05, 0) is 80.5 Å². The number of hydrogen-bond donors (Lipinski definition) is 0. The number of ether oxygens (including phenoxy) is 2. The Bertz CT molecular complexity index is 1330. The molecule has 1 atom stereocenters. The van der Waals surface area contributed by atoms with Crippen LogP contribution in [-0.4, -0.2) is 12.6 Å². The zero-order chi connectivity index (χ0) is 23.7. The zero-order valence-electron chi connectivity index (χ0n) is 19.5. The lowest BCUT2D eigenvalue weighted by Gasteiger charge is -2.29. The molecule has 0 bridgehead atoms. The summed E-state index contributed by atoms with van der Waals surface area (Å²) in [7, 11) is -0.0977. The third-order valence-corrected chi connectivity index (χ3v) is 8.63. The highest BCUT2D eigenvalue weighted by Gasteiger charge is 2.39. The number of rotatable bonds is 6. The van der Waals surface area contributed by atoms with Crippen LogP contribution >= 0.6 is 10.5 Å². The van der Waals surface area contributed by atoms with Gasteiger partial charge in [0, 0.05) is 34.1 Å². The molecule has 3 aromatic carbocycles. The molecule has 1 aromatic heterocycles. The molecule has 0 amide bonds. The van der Waals surface area contributed by atoms with E-state index in [4.69, 9.17) is 9.47 Å². The molecular formula is C29H28FO3S+. The van der Waals surface area contributed by atoms with E-state index in [1.165, 1.54) is 27.1 Å². The summed E-state index contributed by atoms with van der Waals surface area (Å²) in [6, 6.07) is 21.3. The minimum absolute atomic E-state index is 0.0977. The predicted molar refractivity (Wildman–Crippen MR) is 135 cm³/mol. The smallest absolute Gasteiger partial charge is 0.345 e. The molecule has 1 saturated carbocycles. The minimum Gasteiger partial charge on any atom is -0.481 e. The van der Waals surface area contributed by atoms with E-state index in [2.05, 4.69) is 47.8 Å². The lowest BCUT2D eigenvalue weighted by atomic mass is 9.92. The summed E-state index contributed by atoms with van der Waals surface area (Å²) in [5, 5.41) is 3.52. The van der Waals surface area contributed by atoms with Gasteiger partial charge in [0.15, 0.2) is 16.2 Å². The summed E-state index contributed by atoms with van der Waals surface area (Å²) in [4.78, 5) is 14.1. The van der Waals surface area contributed by atoms with E-state index in [9.17, 15) is 9.18 Å². The number of aryl methyl sites for hydroxylation is 2. The molecule has 0 spiro atoms. The van der Waals surface area contributed by atoms with Crippen LogP contribution in [0.15, 0.2) is 72.1 Å². The largest absolute Gasteiger partial charge is 0.481 e. The highest BCUT2D eigenvalue weighted by Crippen LogP contribution is 2.43. The summed E-state index contributed by atoms with van der Waals surface area (Å²) < 4.78 is 27.1. The fourth-order valence-electron chi connectivity index (χ4n) is 5.05. The Labute approximate surface area is 202 Å². The van der Waals surface area contributed by atoms with Crippen molar-refractivity contribution in [1.29, 1.82) is 0 Å². The third kappa shape index (κ3) is 4.32. The number of carbonyl (C=O) groups is 1. The first kappa shape index (κ1) is 22.6. The number of fused-ring (bicyclic) bond motifs is 1. The molecule has 5 rings (SSSR count). The highest BCUT2D eigenvalue weighted by molar-refractivity contribution is 7.43. The molecule has 0 saturated heterocycles. The van der Waals surface area contributed by atoms with Crippen LogP contribution in [0.5, 0.6) is 5.75 Å². The number of carbonyl (C=O) groups excluding carboxylic acids is 1. The van der Waals surface area contributed by atoms with Crippen LogP contribution in [0, 0.1) is 19.7 Å². The molecule has 1 aliphatic carbocycles. The summed E-state index contributed by atoms with van der Waals surface area (Å²) >= 11 is 0. The van der Waals surface area contributed by atoms with Gasteiger partial charge in [0.1, 0.15) is 22.5 Å². The standard InChI is InChI=1S/C29H28FO3S/c1-20-16-25(34-15-12-22-8-3-4-11-26(22)34)17-21(2)28(20)32-19-27(31)33-29(13-5-6-14-29)23-9-7-10-24(30)18-23/h3-4,7-12,15-18H,5-6,13-14,19H2,1-2H3/q+1.